The fraction of sp³-hybridized carbons (Fsp3) is 0.242. The summed E-state index contributed by atoms with van der Waals surface area (Å²) in [5, 5.41) is 2.96. The number of pyridine rings is 1. The lowest BCUT2D eigenvalue weighted by atomic mass is 10.00. The average Bonchev–Trinajstić information content (AvgIpc) is 3.04. The molecular weight excluding hydrogens is 550 g/mol. The quantitative estimate of drug-likeness (QED) is 0.232. The van der Waals surface area contributed by atoms with Gasteiger partial charge in [0.2, 0.25) is 11.7 Å². The molecule has 4 rings (SSSR count). The van der Waals surface area contributed by atoms with Crippen molar-refractivity contribution in [1.82, 2.24) is 9.88 Å². The van der Waals surface area contributed by atoms with E-state index in [2.05, 4.69) is 10.3 Å². The Morgan fingerprint density at radius 3 is 2.02 bits per heavy atom. The molecule has 0 spiro atoms. The van der Waals surface area contributed by atoms with Crippen molar-refractivity contribution in [2.45, 2.75) is 19.0 Å². The minimum atomic E-state index is -1.13. The van der Waals surface area contributed by atoms with E-state index in [0.717, 1.165) is 11.1 Å². The van der Waals surface area contributed by atoms with Crippen molar-refractivity contribution in [2.24, 2.45) is 0 Å². The first kappa shape index (κ1) is 30.7. The number of nitrogens with one attached hydrogen (secondary N) is 1. The lowest BCUT2D eigenvalue weighted by molar-refractivity contribution is -0.139. The number of methoxy groups -OCH3 is 5. The van der Waals surface area contributed by atoms with Crippen molar-refractivity contribution in [3.63, 3.8) is 0 Å². The van der Waals surface area contributed by atoms with E-state index in [4.69, 9.17) is 23.7 Å². The van der Waals surface area contributed by atoms with Gasteiger partial charge in [-0.25, -0.2) is 0 Å². The summed E-state index contributed by atoms with van der Waals surface area (Å²) < 4.78 is 27.5. The molecule has 1 heterocycles. The number of aromatic nitrogens is 1. The number of carbonyl (C=O) groups excluding carboxylic acids is 2. The number of rotatable bonds is 13. The van der Waals surface area contributed by atoms with Crippen molar-refractivity contribution < 1.29 is 33.3 Å². The number of anilines is 1. The van der Waals surface area contributed by atoms with Crippen LogP contribution in [-0.2, 0) is 22.6 Å². The minimum absolute atomic E-state index is 0.0706. The Kier molecular flexibility index (Phi) is 10.4. The predicted molar refractivity (Wildman–Crippen MR) is 162 cm³/mol. The van der Waals surface area contributed by atoms with Crippen LogP contribution >= 0.6 is 0 Å². The number of benzene rings is 3. The maximum absolute atomic E-state index is 14.4. The summed E-state index contributed by atoms with van der Waals surface area (Å²) in [5.74, 6) is 1.24. The maximum Gasteiger partial charge on any atom is 0.251 e. The maximum atomic E-state index is 14.4. The van der Waals surface area contributed by atoms with Crippen molar-refractivity contribution >= 4 is 17.5 Å². The first-order valence-electron chi connectivity index (χ1n) is 13.5. The SMILES string of the molecule is COc1ccc(NC(=O)C(c2cc(OC)c(OC)c(OC)c2)N(Cc2cccnc2)C(=O)Cc2ccccc2)c(OC)c1. The van der Waals surface area contributed by atoms with Gasteiger partial charge < -0.3 is 33.9 Å². The molecule has 1 unspecified atom stereocenters. The minimum Gasteiger partial charge on any atom is -0.497 e. The molecule has 0 aliphatic rings. The second-order valence-electron chi connectivity index (χ2n) is 9.46. The average molecular weight is 586 g/mol. The van der Waals surface area contributed by atoms with Crippen molar-refractivity contribution in [3.8, 4) is 28.7 Å². The number of hydrogen-bond donors (Lipinski definition) is 1. The van der Waals surface area contributed by atoms with Crippen LogP contribution in [0.15, 0.2) is 85.2 Å². The normalized spacial score (nSPS) is 11.2. The fourth-order valence-corrected chi connectivity index (χ4v) is 4.72. The highest BCUT2D eigenvalue weighted by atomic mass is 16.5. The van der Waals surface area contributed by atoms with E-state index in [1.54, 1.807) is 55.9 Å². The van der Waals surface area contributed by atoms with Gasteiger partial charge >= 0.3 is 0 Å². The lowest BCUT2D eigenvalue weighted by Gasteiger charge is -2.32. The summed E-state index contributed by atoms with van der Waals surface area (Å²) >= 11 is 0. The zero-order chi connectivity index (χ0) is 30.8. The number of nitrogens with zero attached hydrogens (tertiary/aromatic N) is 2. The van der Waals surface area contributed by atoms with Gasteiger partial charge in [0.15, 0.2) is 11.5 Å². The molecule has 0 radical (unpaired) electrons. The largest absolute Gasteiger partial charge is 0.497 e. The topological polar surface area (TPSA) is 108 Å². The molecule has 0 fully saturated rings. The number of amides is 2. The number of hydrogen-bond acceptors (Lipinski definition) is 8. The van der Waals surface area contributed by atoms with Crippen LogP contribution in [0.2, 0.25) is 0 Å². The Bertz CT molecular complexity index is 1510. The van der Waals surface area contributed by atoms with E-state index in [9.17, 15) is 9.59 Å². The highest BCUT2D eigenvalue weighted by Crippen LogP contribution is 2.41. The highest BCUT2D eigenvalue weighted by molar-refractivity contribution is 5.99. The number of carbonyl (C=O) groups is 2. The van der Waals surface area contributed by atoms with Gasteiger partial charge in [-0.05, 0) is 47.0 Å². The Morgan fingerprint density at radius 2 is 1.44 bits per heavy atom. The number of ether oxygens (including phenoxy) is 5. The van der Waals surface area contributed by atoms with Gasteiger partial charge in [0.25, 0.3) is 5.91 Å². The molecule has 10 heteroatoms. The van der Waals surface area contributed by atoms with Gasteiger partial charge in [0.1, 0.15) is 17.5 Å². The second kappa shape index (κ2) is 14.6. The predicted octanol–water partition coefficient (Wildman–Crippen LogP) is 5.08. The van der Waals surface area contributed by atoms with Crippen molar-refractivity contribution in [1.29, 1.82) is 0 Å². The van der Waals surface area contributed by atoms with Crippen molar-refractivity contribution in [3.05, 3.63) is 102 Å². The molecule has 0 bridgehead atoms. The van der Waals surface area contributed by atoms with Crippen molar-refractivity contribution in [2.75, 3.05) is 40.9 Å². The molecule has 1 atom stereocenters. The molecule has 43 heavy (non-hydrogen) atoms. The first-order chi connectivity index (χ1) is 20.9. The van der Waals surface area contributed by atoms with Crippen LogP contribution in [0.1, 0.15) is 22.7 Å². The van der Waals surface area contributed by atoms with Gasteiger partial charge in [0, 0.05) is 25.0 Å². The Balaban J connectivity index is 1.87. The van der Waals surface area contributed by atoms with Crippen LogP contribution in [-0.4, -0.2) is 57.2 Å². The summed E-state index contributed by atoms with van der Waals surface area (Å²) in [6, 6.07) is 20.3. The third-order valence-electron chi connectivity index (χ3n) is 6.82. The zero-order valence-electron chi connectivity index (χ0n) is 24.8. The standard InChI is InChI=1S/C33H35N3O7/c1-39-25-13-14-26(27(19-25)40-2)35-33(38)31(24-17-28(41-3)32(43-5)29(18-24)42-4)36(21-23-12-9-15-34-20-23)30(37)16-22-10-7-6-8-11-22/h6-15,17-20,31H,16,21H2,1-5H3,(H,35,38). The molecule has 2 amide bonds. The van der Waals surface area contributed by atoms with E-state index in [1.807, 2.05) is 36.4 Å². The molecule has 0 aliphatic carbocycles. The highest BCUT2D eigenvalue weighted by Gasteiger charge is 2.34. The molecule has 1 aromatic heterocycles. The monoisotopic (exact) mass is 585 g/mol. The van der Waals surface area contributed by atoms with Crippen LogP contribution in [0.4, 0.5) is 5.69 Å². The smallest absolute Gasteiger partial charge is 0.251 e. The van der Waals surface area contributed by atoms with E-state index < -0.39 is 11.9 Å². The molecule has 0 saturated carbocycles. The molecule has 4 aromatic rings. The van der Waals surface area contributed by atoms with Crippen LogP contribution in [0, 0.1) is 0 Å². The molecule has 1 N–H and O–H groups in total. The van der Waals surface area contributed by atoms with Crippen LogP contribution in [0.3, 0.4) is 0 Å². The van der Waals surface area contributed by atoms with E-state index in [0.29, 0.717) is 40.0 Å². The lowest BCUT2D eigenvalue weighted by Crippen LogP contribution is -2.41. The summed E-state index contributed by atoms with van der Waals surface area (Å²) in [7, 11) is 7.53. The third-order valence-corrected chi connectivity index (χ3v) is 6.82. The molecule has 0 aliphatic heterocycles. The third kappa shape index (κ3) is 7.34. The molecular formula is C33H35N3O7. The Hall–Kier alpha value is -5.25. The summed E-state index contributed by atoms with van der Waals surface area (Å²) in [6.07, 6.45) is 3.39. The summed E-state index contributed by atoms with van der Waals surface area (Å²) in [5.41, 5.74) is 2.41. The molecule has 224 valence electrons. The fourth-order valence-electron chi connectivity index (χ4n) is 4.72. The van der Waals surface area contributed by atoms with E-state index in [-0.39, 0.29) is 18.9 Å². The Morgan fingerprint density at radius 1 is 0.767 bits per heavy atom. The molecule has 3 aromatic carbocycles. The zero-order valence-corrected chi connectivity index (χ0v) is 24.8. The van der Waals surface area contributed by atoms with Crippen LogP contribution in [0.5, 0.6) is 28.7 Å². The summed E-state index contributed by atoms with van der Waals surface area (Å²) in [4.78, 5) is 34.2. The Labute approximate surface area is 251 Å². The van der Waals surface area contributed by atoms with Gasteiger partial charge in [-0.2, -0.15) is 0 Å². The van der Waals surface area contributed by atoms with Gasteiger partial charge in [-0.15, -0.1) is 0 Å². The van der Waals surface area contributed by atoms with Gasteiger partial charge in [0.05, 0.1) is 47.7 Å². The second-order valence-corrected chi connectivity index (χ2v) is 9.46. The van der Waals surface area contributed by atoms with Crippen LogP contribution in [0.25, 0.3) is 0 Å². The van der Waals surface area contributed by atoms with Crippen LogP contribution < -0.4 is 29.0 Å². The summed E-state index contributed by atoms with van der Waals surface area (Å²) in [6.45, 7) is 0.105. The van der Waals surface area contributed by atoms with E-state index in [1.165, 1.54) is 33.3 Å². The first-order valence-corrected chi connectivity index (χ1v) is 13.5. The van der Waals surface area contributed by atoms with Gasteiger partial charge in [-0.3, -0.25) is 14.6 Å². The molecule has 0 saturated heterocycles. The van der Waals surface area contributed by atoms with Gasteiger partial charge in [-0.1, -0.05) is 36.4 Å². The van der Waals surface area contributed by atoms with E-state index >= 15 is 0 Å². The molecule has 10 nitrogen and oxygen atoms in total.